The van der Waals surface area contributed by atoms with Gasteiger partial charge in [-0.3, -0.25) is 10.0 Å². The first-order chi connectivity index (χ1) is 16.4. The van der Waals surface area contributed by atoms with E-state index in [4.69, 9.17) is 16.3 Å². The third-order valence-corrected chi connectivity index (χ3v) is 6.24. The molecule has 1 atom stereocenters. The first-order valence-corrected chi connectivity index (χ1v) is 10.9. The minimum Gasteiger partial charge on any atom is -0.451 e. The Labute approximate surface area is 199 Å². The van der Waals surface area contributed by atoms with Crippen molar-refractivity contribution in [3.63, 3.8) is 0 Å². The average molecular weight is 475 g/mol. The largest absolute Gasteiger partial charge is 0.451 e. The molecule has 1 aliphatic heterocycles. The zero-order valence-electron chi connectivity index (χ0n) is 17.8. The molecule has 5 rings (SSSR count). The van der Waals surface area contributed by atoms with Gasteiger partial charge in [0, 0.05) is 41.4 Å². The van der Waals surface area contributed by atoms with Crippen LogP contribution < -0.4 is 14.4 Å². The minimum atomic E-state index is -0.664. The summed E-state index contributed by atoms with van der Waals surface area (Å²) in [5.74, 6) is -0.800. The highest BCUT2D eigenvalue weighted by atomic mass is 35.5. The molecule has 1 N–H and O–H groups in total. The van der Waals surface area contributed by atoms with Crippen LogP contribution in [-0.2, 0) is 4.79 Å². The molecule has 0 aliphatic carbocycles. The number of fused-ring (bicyclic) bond motifs is 1. The lowest BCUT2D eigenvalue weighted by molar-refractivity contribution is -0.884. The molecule has 4 aromatic rings. The number of carbonyl (C=O) groups is 1. The maximum Gasteiger partial charge on any atom is 0.264 e. The topological polar surface area (TPSA) is 77.4 Å². The fraction of sp³-hybridized carbons (Fsp3) is 0.115. The van der Waals surface area contributed by atoms with Gasteiger partial charge >= 0.3 is 0 Å². The number of halogens is 2. The number of hydrogen-bond acceptors (Lipinski definition) is 4. The van der Waals surface area contributed by atoms with Gasteiger partial charge in [-0.1, -0.05) is 23.7 Å². The molecule has 8 heteroatoms. The van der Waals surface area contributed by atoms with Crippen molar-refractivity contribution in [2.45, 2.75) is 12.3 Å². The molecule has 0 saturated carbocycles. The summed E-state index contributed by atoms with van der Waals surface area (Å²) in [4.78, 5) is 14.6. The summed E-state index contributed by atoms with van der Waals surface area (Å²) >= 11 is 6.29. The SMILES string of the molecule is N#Cc1cccc(F)c1Oc1cc([C@H]2CC(=O)N(c3ccc4c(ccc[n+]4O)c3)C2)ccc1Cl. The highest BCUT2D eigenvalue weighted by Crippen LogP contribution is 2.38. The Morgan fingerprint density at radius 3 is 2.82 bits per heavy atom. The first-order valence-electron chi connectivity index (χ1n) is 10.5. The highest BCUT2D eigenvalue weighted by Gasteiger charge is 2.32. The molecule has 34 heavy (non-hydrogen) atoms. The summed E-state index contributed by atoms with van der Waals surface area (Å²) in [7, 11) is 0. The van der Waals surface area contributed by atoms with Crippen LogP contribution in [0.4, 0.5) is 10.1 Å². The average Bonchev–Trinajstić information content (AvgIpc) is 3.23. The number of amides is 1. The number of nitriles is 1. The zero-order chi connectivity index (χ0) is 23.8. The molecular formula is C26H18ClFN3O3+. The Morgan fingerprint density at radius 2 is 2.00 bits per heavy atom. The lowest BCUT2D eigenvalue weighted by Crippen LogP contribution is -2.30. The van der Waals surface area contributed by atoms with Crippen LogP contribution in [0.5, 0.6) is 11.5 Å². The number of aromatic nitrogens is 1. The van der Waals surface area contributed by atoms with Crippen molar-refractivity contribution in [3.8, 4) is 17.6 Å². The number of anilines is 1. The van der Waals surface area contributed by atoms with Crippen molar-refractivity contribution < 1.29 is 23.9 Å². The van der Waals surface area contributed by atoms with E-state index in [-0.39, 0.29) is 40.3 Å². The summed E-state index contributed by atoms with van der Waals surface area (Å²) in [6.45, 7) is 0.445. The fourth-order valence-corrected chi connectivity index (χ4v) is 4.36. The molecule has 0 spiro atoms. The number of ether oxygens (including phenoxy) is 1. The van der Waals surface area contributed by atoms with Crippen molar-refractivity contribution in [1.29, 1.82) is 5.26 Å². The van der Waals surface area contributed by atoms with E-state index >= 15 is 0 Å². The molecular weight excluding hydrogens is 457 g/mol. The maximum atomic E-state index is 14.3. The van der Waals surface area contributed by atoms with Crippen LogP contribution in [0.15, 0.2) is 72.9 Å². The quantitative estimate of drug-likeness (QED) is 0.320. The van der Waals surface area contributed by atoms with Gasteiger partial charge in [0.05, 0.1) is 16.0 Å². The third kappa shape index (κ3) is 3.89. The van der Waals surface area contributed by atoms with E-state index in [2.05, 4.69) is 0 Å². The molecule has 6 nitrogen and oxygen atoms in total. The van der Waals surface area contributed by atoms with Crippen molar-refractivity contribution in [3.05, 3.63) is 94.9 Å². The molecule has 3 aromatic carbocycles. The molecule has 1 amide bonds. The number of benzene rings is 3. The van der Waals surface area contributed by atoms with Crippen LogP contribution in [0, 0.1) is 17.1 Å². The van der Waals surface area contributed by atoms with Gasteiger partial charge in [-0.25, -0.2) is 4.39 Å². The molecule has 1 saturated heterocycles. The van der Waals surface area contributed by atoms with Crippen molar-refractivity contribution in [2.75, 3.05) is 11.4 Å². The summed E-state index contributed by atoms with van der Waals surface area (Å²) in [5.41, 5.74) is 2.25. The van der Waals surface area contributed by atoms with E-state index < -0.39 is 5.82 Å². The normalized spacial score (nSPS) is 15.5. The first kappa shape index (κ1) is 21.7. The standard InChI is InChI=1S/C26H18ClFN3O3/c27-21-8-6-16(12-24(21)34-26-18(14-29)3-1-5-22(26)28)19-13-25(32)30(15-19)20-7-9-23-17(11-20)4-2-10-31(23)33/h1-12,19,33H,13,15H2/q+1/t19-/m0/s1. The van der Waals surface area contributed by atoms with Gasteiger partial charge in [0.15, 0.2) is 11.6 Å². The highest BCUT2D eigenvalue weighted by molar-refractivity contribution is 6.32. The predicted octanol–water partition coefficient (Wildman–Crippen LogP) is 5.34. The number of pyridine rings is 1. The van der Waals surface area contributed by atoms with Crippen LogP contribution in [0.25, 0.3) is 10.9 Å². The minimum absolute atomic E-state index is 0.0320. The second-order valence-electron chi connectivity index (χ2n) is 8.02. The number of rotatable bonds is 4. The molecule has 0 unspecified atom stereocenters. The van der Waals surface area contributed by atoms with Gasteiger partial charge in [0.2, 0.25) is 12.1 Å². The monoisotopic (exact) mass is 474 g/mol. The zero-order valence-corrected chi connectivity index (χ0v) is 18.5. The lowest BCUT2D eigenvalue weighted by Gasteiger charge is -2.18. The van der Waals surface area contributed by atoms with Gasteiger partial charge < -0.3 is 9.64 Å². The van der Waals surface area contributed by atoms with Crippen molar-refractivity contribution in [2.24, 2.45) is 0 Å². The Kier molecular flexibility index (Phi) is 5.52. The van der Waals surface area contributed by atoms with Crippen LogP contribution in [0.2, 0.25) is 5.02 Å². The Hall–Kier alpha value is -4.15. The summed E-state index contributed by atoms with van der Waals surface area (Å²) < 4.78 is 21.0. The lowest BCUT2D eigenvalue weighted by atomic mass is 9.98. The number of para-hydroxylation sites is 1. The second kappa shape index (κ2) is 8.65. The van der Waals surface area contributed by atoms with Crippen LogP contribution in [0.1, 0.15) is 23.5 Å². The van der Waals surface area contributed by atoms with Crippen LogP contribution in [-0.4, -0.2) is 17.7 Å². The van der Waals surface area contributed by atoms with Crippen LogP contribution in [0.3, 0.4) is 0 Å². The molecule has 1 fully saturated rings. The maximum absolute atomic E-state index is 14.3. The van der Waals surface area contributed by atoms with Crippen molar-refractivity contribution in [1.82, 2.24) is 0 Å². The van der Waals surface area contributed by atoms with E-state index in [0.717, 1.165) is 21.4 Å². The Morgan fingerprint density at radius 1 is 1.15 bits per heavy atom. The fourth-order valence-electron chi connectivity index (χ4n) is 4.20. The summed E-state index contributed by atoms with van der Waals surface area (Å²) in [6, 6.07) is 20.2. The third-order valence-electron chi connectivity index (χ3n) is 5.92. The molecule has 168 valence electrons. The molecule has 0 bridgehead atoms. The van der Waals surface area contributed by atoms with Crippen molar-refractivity contribution >= 4 is 34.1 Å². The van der Waals surface area contributed by atoms with E-state index in [1.54, 1.807) is 41.4 Å². The molecule has 1 aliphatic rings. The van der Waals surface area contributed by atoms with Gasteiger partial charge in [0.25, 0.3) is 5.52 Å². The molecule has 0 radical (unpaired) electrons. The Balaban J connectivity index is 1.43. The summed E-state index contributed by atoms with van der Waals surface area (Å²) in [5, 5.41) is 20.3. The number of nitrogens with zero attached hydrogens (tertiary/aromatic N) is 3. The van der Waals surface area contributed by atoms with Gasteiger partial charge in [-0.15, -0.1) is 0 Å². The van der Waals surface area contributed by atoms with Gasteiger partial charge in [-0.2, -0.15) is 5.26 Å². The summed E-state index contributed by atoms with van der Waals surface area (Å²) in [6.07, 6.45) is 1.83. The molecule has 2 heterocycles. The second-order valence-corrected chi connectivity index (χ2v) is 8.43. The number of hydrogen-bond donors (Lipinski definition) is 1. The van der Waals surface area contributed by atoms with Gasteiger partial charge in [0.1, 0.15) is 11.8 Å². The van der Waals surface area contributed by atoms with E-state index in [1.807, 2.05) is 24.3 Å². The molecule has 1 aromatic heterocycles. The smallest absolute Gasteiger partial charge is 0.264 e. The predicted molar refractivity (Wildman–Crippen MR) is 124 cm³/mol. The van der Waals surface area contributed by atoms with E-state index in [1.165, 1.54) is 18.2 Å². The Bertz CT molecular complexity index is 1480. The number of carbonyl (C=O) groups excluding carboxylic acids is 1. The van der Waals surface area contributed by atoms with E-state index in [0.29, 0.717) is 12.1 Å². The van der Waals surface area contributed by atoms with Gasteiger partial charge in [-0.05, 0) is 48.0 Å². The van der Waals surface area contributed by atoms with E-state index in [9.17, 15) is 19.7 Å². The van der Waals surface area contributed by atoms with Crippen LogP contribution >= 0.6 is 11.6 Å².